The molecular formula is C21H15ClFN7O2. The molecule has 1 aliphatic heterocycles. The second kappa shape index (κ2) is 6.79. The number of hydrogen-bond acceptors (Lipinski definition) is 6. The summed E-state index contributed by atoms with van der Waals surface area (Å²) >= 11 is 6.18. The smallest absolute Gasteiger partial charge is 0.258 e. The van der Waals surface area contributed by atoms with Crippen molar-refractivity contribution < 1.29 is 13.6 Å². The van der Waals surface area contributed by atoms with E-state index in [4.69, 9.17) is 21.8 Å². The number of halogens is 2. The number of nitrogens with one attached hydrogen (secondary N) is 1. The SMILES string of the molecule is Nc1cn2ncc(C(=O)N3CCc4[nH]cnc4[C@H]3c3nc4cc(F)ccc4o3)c2cc1Cl. The molecule has 32 heavy (non-hydrogen) atoms. The number of anilines is 1. The lowest BCUT2D eigenvalue weighted by Crippen LogP contribution is -2.41. The molecule has 0 saturated carbocycles. The minimum Gasteiger partial charge on any atom is -0.438 e. The van der Waals surface area contributed by atoms with Gasteiger partial charge in [-0.25, -0.2) is 18.9 Å². The average molecular weight is 452 g/mol. The number of H-pyrrole nitrogens is 1. The molecule has 3 N–H and O–H groups in total. The van der Waals surface area contributed by atoms with Crippen LogP contribution in [-0.4, -0.2) is 41.9 Å². The van der Waals surface area contributed by atoms with Gasteiger partial charge in [-0.15, -0.1) is 0 Å². The zero-order valence-electron chi connectivity index (χ0n) is 16.4. The van der Waals surface area contributed by atoms with Crippen LogP contribution in [0.2, 0.25) is 5.02 Å². The molecule has 0 unspecified atom stereocenters. The molecule has 1 amide bonds. The van der Waals surface area contributed by atoms with Gasteiger partial charge in [0.25, 0.3) is 5.91 Å². The third kappa shape index (κ3) is 2.76. The van der Waals surface area contributed by atoms with E-state index in [-0.39, 0.29) is 11.8 Å². The Balaban J connectivity index is 1.48. The first-order chi connectivity index (χ1) is 15.5. The second-order valence-corrected chi connectivity index (χ2v) is 7.95. The third-order valence-corrected chi connectivity index (χ3v) is 5.98. The van der Waals surface area contributed by atoms with Crippen LogP contribution in [0.5, 0.6) is 0 Å². The molecule has 5 heterocycles. The van der Waals surface area contributed by atoms with Crippen LogP contribution in [0, 0.1) is 5.82 Å². The number of pyridine rings is 1. The number of amides is 1. The number of benzene rings is 1. The Labute approximate surface area is 184 Å². The van der Waals surface area contributed by atoms with E-state index in [0.29, 0.717) is 51.5 Å². The molecule has 4 aromatic heterocycles. The Morgan fingerprint density at radius 3 is 3.09 bits per heavy atom. The number of carbonyl (C=O) groups excluding carboxylic acids is 1. The lowest BCUT2D eigenvalue weighted by Gasteiger charge is -2.32. The molecule has 1 aliphatic rings. The Bertz CT molecular complexity index is 1520. The normalized spacial score (nSPS) is 16.1. The van der Waals surface area contributed by atoms with Gasteiger partial charge in [-0.1, -0.05) is 11.6 Å². The highest BCUT2D eigenvalue weighted by Crippen LogP contribution is 2.36. The maximum absolute atomic E-state index is 13.7. The van der Waals surface area contributed by atoms with Crippen molar-refractivity contribution in [2.24, 2.45) is 0 Å². The summed E-state index contributed by atoms with van der Waals surface area (Å²) in [5, 5.41) is 4.57. The van der Waals surface area contributed by atoms with E-state index in [1.165, 1.54) is 28.9 Å². The van der Waals surface area contributed by atoms with Crippen LogP contribution in [0.1, 0.15) is 33.7 Å². The summed E-state index contributed by atoms with van der Waals surface area (Å²) < 4.78 is 21.1. The Morgan fingerprint density at radius 2 is 2.22 bits per heavy atom. The highest BCUT2D eigenvalue weighted by atomic mass is 35.5. The van der Waals surface area contributed by atoms with Crippen molar-refractivity contribution in [1.82, 2.24) is 29.5 Å². The van der Waals surface area contributed by atoms with Gasteiger partial charge in [-0.2, -0.15) is 5.10 Å². The summed E-state index contributed by atoms with van der Waals surface area (Å²) in [7, 11) is 0. The van der Waals surface area contributed by atoms with Crippen molar-refractivity contribution in [2.45, 2.75) is 12.5 Å². The lowest BCUT2D eigenvalue weighted by molar-refractivity contribution is 0.0669. The molecule has 0 saturated heterocycles. The fourth-order valence-corrected chi connectivity index (χ4v) is 4.27. The number of nitrogen functional groups attached to an aromatic ring is 1. The van der Waals surface area contributed by atoms with Crippen LogP contribution in [0.3, 0.4) is 0 Å². The molecule has 9 nitrogen and oxygen atoms in total. The van der Waals surface area contributed by atoms with Gasteiger partial charge >= 0.3 is 0 Å². The quantitative estimate of drug-likeness (QED) is 0.425. The van der Waals surface area contributed by atoms with Gasteiger partial charge in [-0.05, 0) is 18.2 Å². The molecule has 0 aliphatic carbocycles. The van der Waals surface area contributed by atoms with Crippen molar-refractivity contribution in [2.75, 3.05) is 12.3 Å². The van der Waals surface area contributed by atoms with Gasteiger partial charge < -0.3 is 20.0 Å². The van der Waals surface area contributed by atoms with E-state index in [1.807, 2.05) is 0 Å². The van der Waals surface area contributed by atoms with E-state index in [9.17, 15) is 9.18 Å². The highest BCUT2D eigenvalue weighted by molar-refractivity contribution is 6.33. The number of carbonyl (C=O) groups is 1. The van der Waals surface area contributed by atoms with E-state index >= 15 is 0 Å². The number of aromatic amines is 1. The van der Waals surface area contributed by atoms with Crippen molar-refractivity contribution in [3.8, 4) is 0 Å². The Morgan fingerprint density at radius 1 is 1.34 bits per heavy atom. The van der Waals surface area contributed by atoms with Crippen molar-refractivity contribution in [1.29, 1.82) is 0 Å². The zero-order chi connectivity index (χ0) is 22.0. The summed E-state index contributed by atoms with van der Waals surface area (Å²) in [5.41, 5.74) is 9.42. The van der Waals surface area contributed by atoms with Gasteiger partial charge in [0.15, 0.2) is 11.6 Å². The molecule has 160 valence electrons. The van der Waals surface area contributed by atoms with E-state index < -0.39 is 11.9 Å². The molecule has 1 atom stereocenters. The van der Waals surface area contributed by atoms with Crippen molar-refractivity contribution in [3.05, 3.63) is 76.7 Å². The second-order valence-electron chi connectivity index (χ2n) is 7.55. The molecule has 0 bridgehead atoms. The molecule has 5 aromatic rings. The number of aromatic nitrogens is 5. The van der Waals surface area contributed by atoms with E-state index in [2.05, 4.69) is 20.1 Å². The number of nitrogens with zero attached hydrogens (tertiary/aromatic N) is 5. The van der Waals surface area contributed by atoms with Crippen LogP contribution in [-0.2, 0) is 6.42 Å². The van der Waals surface area contributed by atoms with Crippen LogP contribution >= 0.6 is 11.6 Å². The first kappa shape index (κ1) is 18.8. The van der Waals surface area contributed by atoms with Crippen molar-refractivity contribution in [3.63, 3.8) is 0 Å². The average Bonchev–Trinajstić information content (AvgIpc) is 3.50. The molecule has 0 fully saturated rings. The minimum atomic E-state index is -0.688. The fraction of sp³-hybridized carbons (Fsp3) is 0.143. The maximum atomic E-state index is 13.7. The van der Waals surface area contributed by atoms with Crippen molar-refractivity contribution >= 4 is 39.8 Å². The summed E-state index contributed by atoms with van der Waals surface area (Å²) in [6.07, 6.45) is 5.19. The molecule has 0 spiro atoms. The standard InChI is InChI=1S/C21H15ClFN7O2/c22-12-6-16-11(7-27-30(16)8-13(12)24)21(31)29-4-3-14-18(26-9-25-14)19(29)20-28-15-5-10(23)1-2-17(15)32-20/h1-2,5-9,19H,3-4,24H2,(H,25,26)/t19-/m0/s1. The van der Waals surface area contributed by atoms with Crippen LogP contribution in [0.25, 0.3) is 16.6 Å². The van der Waals surface area contributed by atoms with Crippen LogP contribution in [0.15, 0.2) is 47.4 Å². The lowest BCUT2D eigenvalue weighted by atomic mass is 10.0. The topological polar surface area (TPSA) is 118 Å². The predicted molar refractivity (Wildman–Crippen MR) is 114 cm³/mol. The maximum Gasteiger partial charge on any atom is 0.258 e. The molecular weight excluding hydrogens is 437 g/mol. The fourth-order valence-electron chi connectivity index (χ4n) is 4.12. The molecule has 11 heteroatoms. The third-order valence-electron chi connectivity index (χ3n) is 5.65. The largest absolute Gasteiger partial charge is 0.438 e. The van der Waals surface area contributed by atoms with Gasteiger partial charge in [0, 0.05) is 24.7 Å². The number of oxazole rings is 1. The first-order valence-electron chi connectivity index (χ1n) is 9.81. The first-order valence-corrected chi connectivity index (χ1v) is 10.2. The Hall–Kier alpha value is -3.92. The molecule has 1 aromatic carbocycles. The summed E-state index contributed by atoms with van der Waals surface area (Å²) in [4.78, 5) is 27.3. The monoisotopic (exact) mass is 451 g/mol. The number of nitrogens with two attached hydrogens (primary N) is 1. The van der Waals surface area contributed by atoms with E-state index in [1.54, 1.807) is 23.5 Å². The number of fused-ring (bicyclic) bond motifs is 3. The van der Waals surface area contributed by atoms with Gasteiger partial charge in [0.1, 0.15) is 11.3 Å². The summed E-state index contributed by atoms with van der Waals surface area (Å²) in [6.45, 7) is 0.395. The molecule has 6 rings (SSSR count). The molecule has 0 radical (unpaired) electrons. The zero-order valence-corrected chi connectivity index (χ0v) is 17.2. The summed E-state index contributed by atoms with van der Waals surface area (Å²) in [6, 6.07) is 5.03. The van der Waals surface area contributed by atoms with Gasteiger partial charge in [-0.3, -0.25) is 4.79 Å². The van der Waals surface area contributed by atoms with Gasteiger partial charge in [0.2, 0.25) is 5.89 Å². The van der Waals surface area contributed by atoms with Gasteiger partial charge in [0.05, 0.1) is 46.2 Å². The highest BCUT2D eigenvalue weighted by Gasteiger charge is 2.38. The summed E-state index contributed by atoms with van der Waals surface area (Å²) in [5.74, 6) is -0.449. The number of imidazole rings is 1. The Kier molecular flexibility index (Phi) is 3.99. The minimum absolute atomic E-state index is 0.255. The van der Waals surface area contributed by atoms with E-state index in [0.717, 1.165) is 5.69 Å². The number of hydrogen-bond donors (Lipinski definition) is 2. The predicted octanol–water partition coefficient (Wildman–Crippen LogP) is 3.36. The number of rotatable bonds is 2. The van der Waals surface area contributed by atoms with Crippen LogP contribution in [0.4, 0.5) is 10.1 Å². The van der Waals surface area contributed by atoms with Crippen LogP contribution < -0.4 is 5.73 Å².